The molecule has 1 aromatic carbocycles. The summed E-state index contributed by atoms with van der Waals surface area (Å²) in [6.45, 7) is 2.07. The van der Waals surface area contributed by atoms with E-state index in [0.717, 1.165) is 34.7 Å². The highest BCUT2D eigenvalue weighted by Gasteiger charge is 2.37. The molecule has 4 heteroatoms. The van der Waals surface area contributed by atoms with Crippen LogP contribution in [-0.4, -0.2) is 24.0 Å². The molecule has 0 aromatic heterocycles. The van der Waals surface area contributed by atoms with Gasteiger partial charge in [-0.15, -0.1) is 0 Å². The van der Waals surface area contributed by atoms with Crippen LogP contribution in [0.2, 0.25) is 5.02 Å². The van der Waals surface area contributed by atoms with Crippen LogP contribution in [0.3, 0.4) is 0 Å². The molecule has 4 N–H and O–H groups in total. The third-order valence-electron chi connectivity index (χ3n) is 5.10. The Morgan fingerprint density at radius 3 is 2.76 bits per heavy atom. The van der Waals surface area contributed by atoms with Gasteiger partial charge < -0.3 is 11.5 Å². The van der Waals surface area contributed by atoms with Crippen molar-refractivity contribution in [3.05, 3.63) is 46.6 Å². The first-order chi connectivity index (χ1) is 10.2. The standard InChI is InChI=1S/C17H24ClN3/c18-15-6-4-13(5-7-15)17(20)14(10-19)11-21-9-8-12-2-1-3-16(12)21/h4-7,10,12,16-17H,1-3,8-9,11,19-20H2/b14-10-/t12-,16-,17?/m1/s1. The first-order valence-electron chi connectivity index (χ1n) is 7.85. The molecule has 1 heterocycles. The van der Waals surface area contributed by atoms with Gasteiger partial charge in [-0.1, -0.05) is 30.2 Å². The van der Waals surface area contributed by atoms with E-state index in [1.165, 1.54) is 32.2 Å². The van der Waals surface area contributed by atoms with E-state index in [0.29, 0.717) is 0 Å². The SMILES string of the molecule is N/C=C(/CN1CC[C@H]2CCC[C@H]21)C(N)c1ccc(Cl)cc1. The molecule has 3 rings (SSSR count). The van der Waals surface area contributed by atoms with Gasteiger partial charge in [-0.25, -0.2) is 0 Å². The molecule has 0 spiro atoms. The zero-order chi connectivity index (χ0) is 14.8. The fourth-order valence-electron chi connectivity index (χ4n) is 3.90. The van der Waals surface area contributed by atoms with Crippen molar-refractivity contribution in [2.24, 2.45) is 17.4 Å². The number of nitrogens with zero attached hydrogens (tertiary/aromatic N) is 1. The van der Waals surface area contributed by atoms with E-state index < -0.39 is 0 Å². The highest BCUT2D eigenvalue weighted by Crippen LogP contribution is 2.38. The lowest BCUT2D eigenvalue weighted by Gasteiger charge is -2.27. The van der Waals surface area contributed by atoms with E-state index in [2.05, 4.69) is 4.90 Å². The van der Waals surface area contributed by atoms with Gasteiger partial charge >= 0.3 is 0 Å². The van der Waals surface area contributed by atoms with Crippen molar-refractivity contribution in [1.82, 2.24) is 4.90 Å². The molecule has 2 aliphatic rings. The van der Waals surface area contributed by atoms with Gasteiger partial charge in [0.15, 0.2) is 0 Å². The van der Waals surface area contributed by atoms with Crippen molar-refractivity contribution in [3.63, 3.8) is 0 Å². The summed E-state index contributed by atoms with van der Waals surface area (Å²) in [5.74, 6) is 0.899. The second kappa shape index (κ2) is 6.39. The number of benzene rings is 1. The van der Waals surface area contributed by atoms with Crippen LogP contribution in [0.25, 0.3) is 0 Å². The number of likely N-dealkylation sites (tertiary alicyclic amines) is 1. The summed E-state index contributed by atoms with van der Waals surface area (Å²) in [6.07, 6.45) is 7.13. The molecule has 1 saturated heterocycles. The predicted molar refractivity (Wildman–Crippen MR) is 88.0 cm³/mol. The monoisotopic (exact) mass is 305 g/mol. The summed E-state index contributed by atoms with van der Waals surface area (Å²) in [6, 6.07) is 8.34. The van der Waals surface area contributed by atoms with Gasteiger partial charge in [-0.2, -0.15) is 0 Å². The minimum atomic E-state index is -0.146. The van der Waals surface area contributed by atoms with Gasteiger partial charge in [0.2, 0.25) is 0 Å². The quantitative estimate of drug-likeness (QED) is 0.899. The fourth-order valence-corrected chi connectivity index (χ4v) is 4.03. The zero-order valence-electron chi connectivity index (χ0n) is 12.3. The lowest BCUT2D eigenvalue weighted by Crippen LogP contribution is -2.34. The highest BCUT2D eigenvalue weighted by atomic mass is 35.5. The summed E-state index contributed by atoms with van der Waals surface area (Å²) in [5, 5.41) is 0.734. The lowest BCUT2D eigenvalue weighted by atomic mass is 9.99. The molecule has 2 fully saturated rings. The van der Waals surface area contributed by atoms with Crippen LogP contribution in [-0.2, 0) is 0 Å². The van der Waals surface area contributed by atoms with Crippen molar-refractivity contribution in [2.45, 2.75) is 37.8 Å². The summed E-state index contributed by atoms with van der Waals surface area (Å²) < 4.78 is 0. The van der Waals surface area contributed by atoms with E-state index in [9.17, 15) is 0 Å². The van der Waals surface area contributed by atoms with Crippen molar-refractivity contribution in [2.75, 3.05) is 13.1 Å². The number of hydrogen-bond acceptors (Lipinski definition) is 3. The number of rotatable bonds is 4. The molecule has 1 unspecified atom stereocenters. The molecular weight excluding hydrogens is 282 g/mol. The zero-order valence-corrected chi connectivity index (χ0v) is 13.1. The molecule has 1 saturated carbocycles. The Bertz CT molecular complexity index is 511. The topological polar surface area (TPSA) is 55.3 Å². The maximum atomic E-state index is 6.40. The van der Waals surface area contributed by atoms with Crippen LogP contribution in [0.1, 0.15) is 37.3 Å². The van der Waals surface area contributed by atoms with Crippen molar-refractivity contribution in [3.8, 4) is 0 Å². The third-order valence-corrected chi connectivity index (χ3v) is 5.36. The molecule has 114 valence electrons. The van der Waals surface area contributed by atoms with Gasteiger partial charge in [-0.05, 0) is 61.2 Å². The molecule has 21 heavy (non-hydrogen) atoms. The van der Waals surface area contributed by atoms with Crippen molar-refractivity contribution >= 4 is 11.6 Å². The maximum Gasteiger partial charge on any atom is 0.0540 e. The minimum absolute atomic E-state index is 0.146. The molecule has 0 radical (unpaired) electrons. The van der Waals surface area contributed by atoms with E-state index in [1.54, 1.807) is 6.20 Å². The van der Waals surface area contributed by atoms with Crippen LogP contribution in [0, 0.1) is 5.92 Å². The third kappa shape index (κ3) is 3.10. The molecular formula is C17H24ClN3. The second-order valence-electron chi connectivity index (χ2n) is 6.29. The normalized spacial score (nSPS) is 27.8. The van der Waals surface area contributed by atoms with Crippen LogP contribution in [0.5, 0.6) is 0 Å². The summed E-state index contributed by atoms with van der Waals surface area (Å²) in [4.78, 5) is 2.58. The second-order valence-corrected chi connectivity index (χ2v) is 6.72. The highest BCUT2D eigenvalue weighted by molar-refractivity contribution is 6.30. The van der Waals surface area contributed by atoms with Crippen LogP contribution >= 0.6 is 11.6 Å². The van der Waals surface area contributed by atoms with Crippen LogP contribution < -0.4 is 11.5 Å². The molecule has 3 nitrogen and oxygen atoms in total. The van der Waals surface area contributed by atoms with Crippen molar-refractivity contribution in [1.29, 1.82) is 0 Å². The molecule has 0 amide bonds. The summed E-state index contributed by atoms with van der Waals surface area (Å²) in [5.41, 5.74) is 14.4. The summed E-state index contributed by atoms with van der Waals surface area (Å²) >= 11 is 5.94. The van der Waals surface area contributed by atoms with Gasteiger partial charge in [-0.3, -0.25) is 4.90 Å². The smallest absolute Gasteiger partial charge is 0.0540 e. The Morgan fingerprint density at radius 1 is 1.29 bits per heavy atom. The lowest BCUT2D eigenvalue weighted by molar-refractivity contribution is 0.257. The molecule has 0 bridgehead atoms. The van der Waals surface area contributed by atoms with E-state index >= 15 is 0 Å². The predicted octanol–water partition coefficient (Wildman–Crippen LogP) is 3.06. The molecule has 1 aliphatic carbocycles. The van der Waals surface area contributed by atoms with Gasteiger partial charge in [0, 0.05) is 17.6 Å². The number of hydrogen-bond donors (Lipinski definition) is 2. The van der Waals surface area contributed by atoms with E-state index in [1.807, 2.05) is 24.3 Å². The fraction of sp³-hybridized carbons (Fsp3) is 0.529. The number of fused-ring (bicyclic) bond motifs is 1. The van der Waals surface area contributed by atoms with Crippen molar-refractivity contribution < 1.29 is 0 Å². The molecule has 3 atom stereocenters. The Kier molecular flexibility index (Phi) is 4.53. The largest absolute Gasteiger partial charge is 0.405 e. The number of halogens is 1. The Labute approximate surface area is 131 Å². The Hall–Kier alpha value is -1.03. The van der Waals surface area contributed by atoms with Gasteiger partial charge in [0.1, 0.15) is 0 Å². The number of nitrogens with two attached hydrogens (primary N) is 2. The van der Waals surface area contributed by atoms with Gasteiger partial charge in [0.05, 0.1) is 6.04 Å². The first kappa shape index (κ1) is 14.9. The first-order valence-corrected chi connectivity index (χ1v) is 8.22. The average molecular weight is 306 g/mol. The molecule has 1 aromatic rings. The van der Waals surface area contributed by atoms with E-state index in [-0.39, 0.29) is 6.04 Å². The molecule has 1 aliphatic heterocycles. The Balaban J connectivity index is 1.69. The maximum absolute atomic E-state index is 6.40. The summed E-state index contributed by atoms with van der Waals surface area (Å²) in [7, 11) is 0. The average Bonchev–Trinajstić information content (AvgIpc) is 3.09. The van der Waals surface area contributed by atoms with E-state index in [4.69, 9.17) is 23.1 Å². The van der Waals surface area contributed by atoms with Crippen LogP contribution in [0.15, 0.2) is 36.0 Å². The van der Waals surface area contributed by atoms with Crippen LogP contribution in [0.4, 0.5) is 0 Å². The van der Waals surface area contributed by atoms with Gasteiger partial charge in [0.25, 0.3) is 0 Å². The Morgan fingerprint density at radius 2 is 2.05 bits per heavy atom. The minimum Gasteiger partial charge on any atom is -0.405 e.